The Morgan fingerprint density at radius 3 is 2.75 bits per heavy atom. The number of hydrogen-bond donors (Lipinski definition) is 1. The van der Waals surface area contributed by atoms with Gasteiger partial charge in [0, 0.05) is 22.1 Å². The maximum absolute atomic E-state index is 6.34. The molecule has 2 nitrogen and oxygen atoms in total. The van der Waals surface area contributed by atoms with E-state index in [1.165, 1.54) is 5.56 Å². The van der Waals surface area contributed by atoms with Gasteiger partial charge in [0.25, 0.3) is 0 Å². The average molecular weight is 327 g/mol. The van der Waals surface area contributed by atoms with Gasteiger partial charge in [-0.1, -0.05) is 52.3 Å². The molecule has 2 N–H and O–H groups in total. The van der Waals surface area contributed by atoms with Crippen LogP contribution in [0, 0.1) is 0 Å². The van der Waals surface area contributed by atoms with E-state index < -0.39 is 0 Å². The number of hydrogen-bond acceptors (Lipinski definition) is 2. The molecule has 0 radical (unpaired) electrons. The molecule has 1 atom stereocenters. The Bertz CT molecular complexity index is 740. The van der Waals surface area contributed by atoms with Crippen LogP contribution in [0.4, 0.5) is 0 Å². The molecule has 0 aliphatic heterocycles. The first-order valence-corrected chi connectivity index (χ1v) is 7.37. The topological polar surface area (TPSA) is 38.9 Å². The average Bonchev–Trinajstić information content (AvgIpc) is 2.49. The third-order valence-corrected chi connectivity index (χ3v) is 4.23. The van der Waals surface area contributed by atoms with Crippen molar-refractivity contribution in [1.29, 1.82) is 0 Å². The zero-order valence-electron chi connectivity index (χ0n) is 11.0. The summed E-state index contributed by atoms with van der Waals surface area (Å²) in [7, 11) is 0. The second-order valence-electron chi connectivity index (χ2n) is 4.86. The van der Waals surface area contributed by atoms with Crippen LogP contribution in [0.25, 0.3) is 10.9 Å². The van der Waals surface area contributed by atoms with Gasteiger partial charge in [-0.25, -0.2) is 0 Å². The number of pyridine rings is 1. The van der Waals surface area contributed by atoms with Crippen LogP contribution in [0.5, 0.6) is 0 Å². The van der Waals surface area contributed by atoms with Crippen LogP contribution in [0.3, 0.4) is 0 Å². The first-order valence-electron chi connectivity index (χ1n) is 6.58. The van der Waals surface area contributed by atoms with Gasteiger partial charge in [0.15, 0.2) is 0 Å². The Balaban J connectivity index is 1.89. The van der Waals surface area contributed by atoms with Gasteiger partial charge in [-0.3, -0.25) is 4.98 Å². The fourth-order valence-electron chi connectivity index (χ4n) is 2.33. The molecule has 2 aromatic carbocycles. The maximum Gasteiger partial charge on any atom is 0.0705 e. The molecule has 20 heavy (non-hydrogen) atoms. The van der Waals surface area contributed by atoms with E-state index in [2.05, 4.69) is 51.2 Å². The van der Waals surface area contributed by atoms with Crippen molar-refractivity contribution in [2.24, 2.45) is 5.73 Å². The second-order valence-corrected chi connectivity index (χ2v) is 5.71. The van der Waals surface area contributed by atoms with Crippen molar-refractivity contribution in [2.75, 3.05) is 0 Å². The standard InChI is InChI=1S/C17H15BrN2/c18-15-6-2-1-4-13(15)10-16(19)14-8-7-12-5-3-9-20-17(12)11-14/h1-9,11,16H,10,19H2. The predicted molar refractivity (Wildman–Crippen MR) is 86.5 cm³/mol. The molecule has 1 aromatic heterocycles. The van der Waals surface area contributed by atoms with Crippen molar-refractivity contribution in [3.05, 3.63) is 76.4 Å². The van der Waals surface area contributed by atoms with E-state index in [9.17, 15) is 0 Å². The highest BCUT2D eigenvalue weighted by Gasteiger charge is 2.10. The quantitative estimate of drug-likeness (QED) is 0.781. The summed E-state index contributed by atoms with van der Waals surface area (Å²) in [6, 6.07) is 18.4. The molecule has 0 spiro atoms. The lowest BCUT2D eigenvalue weighted by Gasteiger charge is -2.14. The third-order valence-electron chi connectivity index (χ3n) is 3.46. The molecule has 0 aliphatic rings. The van der Waals surface area contributed by atoms with Crippen LogP contribution in [-0.4, -0.2) is 4.98 Å². The molecular formula is C17H15BrN2. The van der Waals surface area contributed by atoms with Gasteiger partial charge in [0.05, 0.1) is 5.52 Å². The summed E-state index contributed by atoms with van der Waals surface area (Å²) in [6.07, 6.45) is 2.62. The van der Waals surface area contributed by atoms with Crippen LogP contribution >= 0.6 is 15.9 Å². The minimum absolute atomic E-state index is 0.0277. The number of benzene rings is 2. The first kappa shape index (κ1) is 13.3. The fraction of sp³-hybridized carbons (Fsp3) is 0.118. The number of aromatic nitrogens is 1. The van der Waals surface area contributed by atoms with Crippen LogP contribution in [0.15, 0.2) is 65.3 Å². The number of halogens is 1. The highest BCUT2D eigenvalue weighted by atomic mass is 79.9. The minimum atomic E-state index is -0.0277. The van der Waals surface area contributed by atoms with Crippen molar-refractivity contribution in [3.63, 3.8) is 0 Å². The van der Waals surface area contributed by atoms with Crippen LogP contribution in [-0.2, 0) is 6.42 Å². The number of fused-ring (bicyclic) bond motifs is 1. The molecule has 0 aliphatic carbocycles. The summed E-state index contributed by atoms with van der Waals surface area (Å²) >= 11 is 3.57. The zero-order chi connectivity index (χ0) is 13.9. The highest BCUT2D eigenvalue weighted by Crippen LogP contribution is 2.24. The SMILES string of the molecule is NC(Cc1ccccc1Br)c1ccc2cccnc2c1. The molecule has 3 rings (SSSR count). The Labute approximate surface area is 126 Å². The van der Waals surface area contributed by atoms with Gasteiger partial charge in [-0.05, 0) is 35.7 Å². The first-order chi connectivity index (χ1) is 9.74. The number of nitrogens with two attached hydrogens (primary N) is 1. The van der Waals surface area contributed by atoms with Crippen LogP contribution < -0.4 is 5.73 Å². The summed E-state index contributed by atoms with van der Waals surface area (Å²) in [5.41, 5.74) is 9.67. The zero-order valence-corrected chi connectivity index (χ0v) is 12.5. The Morgan fingerprint density at radius 1 is 1.05 bits per heavy atom. The molecule has 0 fully saturated rings. The van der Waals surface area contributed by atoms with Crippen LogP contribution in [0.1, 0.15) is 17.2 Å². The van der Waals surface area contributed by atoms with E-state index in [-0.39, 0.29) is 6.04 Å². The molecule has 1 heterocycles. The summed E-state index contributed by atoms with van der Waals surface area (Å²) in [5, 5.41) is 1.14. The number of rotatable bonds is 3. The number of nitrogens with zero attached hydrogens (tertiary/aromatic N) is 1. The lowest BCUT2D eigenvalue weighted by atomic mass is 9.98. The largest absolute Gasteiger partial charge is 0.324 e. The molecular weight excluding hydrogens is 312 g/mol. The summed E-state index contributed by atoms with van der Waals surface area (Å²) in [4.78, 5) is 4.38. The molecule has 0 saturated carbocycles. The molecule has 0 amide bonds. The van der Waals surface area contributed by atoms with E-state index in [4.69, 9.17) is 5.73 Å². The molecule has 3 heteroatoms. The fourth-order valence-corrected chi connectivity index (χ4v) is 2.78. The molecule has 0 bridgehead atoms. The van der Waals surface area contributed by atoms with Crippen LogP contribution in [0.2, 0.25) is 0 Å². The molecule has 0 saturated heterocycles. The highest BCUT2D eigenvalue weighted by molar-refractivity contribution is 9.10. The summed E-state index contributed by atoms with van der Waals surface area (Å²) in [5.74, 6) is 0. The van der Waals surface area contributed by atoms with Gasteiger partial charge in [-0.15, -0.1) is 0 Å². The van der Waals surface area contributed by atoms with Gasteiger partial charge in [0.2, 0.25) is 0 Å². The molecule has 3 aromatic rings. The Kier molecular flexibility index (Phi) is 3.81. The van der Waals surface area contributed by atoms with Gasteiger partial charge < -0.3 is 5.73 Å². The van der Waals surface area contributed by atoms with E-state index in [1.807, 2.05) is 30.5 Å². The Morgan fingerprint density at radius 2 is 1.90 bits per heavy atom. The van der Waals surface area contributed by atoms with E-state index in [0.29, 0.717) is 0 Å². The summed E-state index contributed by atoms with van der Waals surface area (Å²) < 4.78 is 1.11. The predicted octanol–water partition coefficient (Wildman–Crippen LogP) is 4.24. The van der Waals surface area contributed by atoms with E-state index in [0.717, 1.165) is 27.4 Å². The van der Waals surface area contributed by atoms with E-state index in [1.54, 1.807) is 0 Å². The summed E-state index contributed by atoms with van der Waals surface area (Å²) in [6.45, 7) is 0. The smallest absolute Gasteiger partial charge is 0.0705 e. The Hall–Kier alpha value is -1.71. The van der Waals surface area contributed by atoms with Crippen molar-refractivity contribution in [2.45, 2.75) is 12.5 Å². The van der Waals surface area contributed by atoms with Crippen molar-refractivity contribution >= 4 is 26.8 Å². The van der Waals surface area contributed by atoms with Gasteiger partial charge in [0.1, 0.15) is 0 Å². The lowest BCUT2D eigenvalue weighted by Crippen LogP contribution is -2.13. The monoisotopic (exact) mass is 326 g/mol. The third kappa shape index (κ3) is 2.74. The second kappa shape index (κ2) is 5.73. The molecule has 100 valence electrons. The maximum atomic E-state index is 6.34. The normalized spacial score (nSPS) is 12.5. The molecule has 1 unspecified atom stereocenters. The lowest BCUT2D eigenvalue weighted by molar-refractivity contribution is 0.721. The van der Waals surface area contributed by atoms with Crippen molar-refractivity contribution in [3.8, 4) is 0 Å². The van der Waals surface area contributed by atoms with Gasteiger partial charge in [-0.2, -0.15) is 0 Å². The van der Waals surface area contributed by atoms with Crippen molar-refractivity contribution in [1.82, 2.24) is 4.98 Å². The van der Waals surface area contributed by atoms with E-state index >= 15 is 0 Å². The minimum Gasteiger partial charge on any atom is -0.324 e. The van der Waals surface area contributed by atoms with Crippen molar-refractivity contribution < 1.29 is 0 Å². The van der Waals surface area contributed by atoms with Gasteiger partial charge >= 0.3 is 0 Å².